The largest absolute Gasteiger partial charge is 0.497 e. The van der Waals surface area contributed by atoms with Gasteiger partial charge in [-0.3, -0.25) is 4.79 Å². The molecule has 1 fully saturated rings. The molecule has 1 aliphatic rings. The molecular weight excluding hydrogens is 314 g/mol. The van der Waals surface area contributed by atoms with Gasteiger partial charge in [0.1, 0.15) is 5.75 Å². The first-order valence-electron chi connectivity index (χ1n) is 8.47. The number of nitrogens with zero attached hydrogens (tertiary/aromatic N) is 1. The van der Waals surface area contributed by atoms with Crippen LogP contribution in [0.15, 0.2) is 54.1 Å². The third-order valence-corrected chi connectivity index (χ3v) is 4.36. The van der Waals surface area contributed by atoms with Crippen molar-refractivity contribution in [2.75, 3.05) is 38.3 Å². The Morgan fingerprint density at radius 3 is 2.28 bits per heavy atom. The first-order valence-corrected chi connectivity index (χ1v) is 8.47. The van der Waals surface area contributed by atoms with Crippen molar-refractivity contribution in [2.45, 2.75) is 6.92 Å². The van der Waals surface area contributed by atoms with Gasteiger partial charge in [-0.15, -0.1) is 0 Å². The molecule has 4 heteroatoms. The highest BCUT2D eigenvalue weighted by Crippen LogP contribution is 2.20. The minimum Gasteiger partial charge on any atom is -0.497 e. The first kappa shape index (κ1) is 17.2. The van der Waals surface area contributed by atoms with E-state index in [0.717, 1.165) is 43.3 Å². The van der Waals surface area contributed by atoms with E-state index in [4.69, 9.17) is 9.47 Å². The molecule has 0 bridgehead atoms. The number of anilines is 1. The molecule has 0 aliphatic carbocycles. The van der Waals surface area contributed by atoms with Crippen molar-refractivity contribution in [3.63, 3.8) is 0 Å². The van der Waals surface area contributed by atoms with Crippen LogP contribution in [0.1, 0.15) is 22.8 Å². The quantitative estimate of drug-likeness (QED) is 0.614. The summed E-state index contributed by atoms with van der Waals surface area (Å²) in [6.45, 7) is 5.14. The number of methoxy groups -OCH3 is 1. The van der Waals surface area contributed by atoms with E-state index in [0.29, 0.717) is 11.1 Å². The van der Waals surface area contributed by atoms with Crippen LogP contribution in [-0.4, -0.2) is 39.2 Å². The van der Waals surface area contributed by atoms with Gasteiger partial charge in [0.05, 0.1) is 20.3 Å². The summed E-state index contributed by atoms with van der Waals surface area (Å²) in [5.74, 6) is 0.851. The minimum absolute atomic E-state index is 0.0457. The zero-order valence-corrected chi connectivity index (χ0v) is 14.7. The van der Waals surface area contributed by atoms with E-state index in [-0.39, 0.29) is 5.78 Å². The zero-order chi connectivity index (χ0) is 17.6. The Labute approximate surface area is 148 Å². The van der Waals surface area contributed by atoms with E-state index in [1.165, 1.54) is 0 Å². The smallest absolute Gasteiger partial charge is 0.188 e. The maximum Gasteiger partial charge on any atom is 0.188 e. The highest BCUT2D eigenvalue weighted by atomic mass is 16.5. The molecule has 2 aromatic carbocycles. The number of morpholine rings is 1. The molecule has 0 spiro atoms. The first-order chi connectivity index (χ1) is 12.2. The van der Waals surface area contributed by atoms with Crippen LogP contribution in [0.25, 0.3) is 6.08 Å². The maximum atomic E-state index is 12.6. The molecule has 3 rings (SSSR count). The molecule has 2 aromatic rings. The lowest BCUT2D eigenvalue weighted by Gasteiger charge is -2.28. The van der Waals surface area contributed by atoms with Crippen LogP contribution in [-0.2, 0) is 4.74 Å². The Hall–Kier alpha value is -2.59. The highest BCUT2D eigenvalue weighted by Gasteiger charge is 2.13. The van der Waals surface area contributed by atoms with E-state index in [2.05, 4.69) is 4.90 Å². The molecule has 0 radical (unpaired) electrons. The molecule has 25 heavy (non-hydrogen) atoms. The molecule has 4 nitrogen and oxygen atoms in total. The van der Waals surface area contributed by atoms with Crippen LogP contribution in [0.4, 0.5) is 5.69 Å². The lowest BCUT2D eigenvalue weighted by Crippen LogP contribution is -2.36. The fourth-order valence-electron chi connectivity index (χ4n) is 2.89. The van der Waals surface area contributed by atoms with Gasteiger partial charge >= 0.3 is 0 Å². The molecular formula is C21H23NO3. The topological polar surface area (TPSA) is 38.8 Å². The average molecular weight is 337 g/mol. The number of benzene rings is 2. The number of Topliss-reactive ketones (excluding diaryl/α,β-unsaturated/α-hetero) is 1. The number of ether oxygens (including phenoxy) is 2. The van der Waals surface area contributed by atoms with Crippen LogP contribution in [0, 0.1) is 0 Å². The molecule has 1 heterocycles. The molecule has 0 unspecified atom stereocenters. The van der Waals surface area contributed by atoms with Gasteiger partial charge in [0.25, 0.3) is 0 Å². The van der Waals surface area contributed by atoms with E-state index in [1.807, 2.05) is 61.5 Å². The second kappa shape index (κ2) is 7.99. The fourth-order valence-corrected chi connectivity index (χ4v) is 2.89. The lowest BCUT2D eigenvalue weighted by molar-refractivity contribution is 0.103. The van der Waals surface area contributed by atoms with Crippen LogP contribution in [0.5, 0.6) is 5.75 Å². The van der Waals surface area contributed by atoms with Crippen molar-refractivity contribution in [3.05, 3.63) is 65.2 Å². The summed E-state index contributed by atoms with van der Waals surface area (Å²) < 4.78 is 10.5. The van der Waals surface area contributed by atoms with Crippen LogP contribution < -0.4 is 9.64 Å². The summed E-state index contributed by atoms with van der Waals surface area (Å²) in [4.78, 5) is 14.9. The molecule has 0 saturated carbocycles. The van der Waals surface area contributed by atoms with Gasteiger partial charge in [0.2, 0.25) is 0 Å². The SMILES string of the molecule is COc1ccc(/C=C(\C)C(=O)c2ccc(N3CCOCC3)cc2)cc1. The van der Waals surface area contributed by atoms with Crippen molar-refractivity contribution in [2.24, 2.45) is 0 Å². The third kappa shape index (κ3) is 4.28. The predicted molar refractivity (Wildman–Crippen MR) is 100 cm³/mol. The number of carbonyl (C=O) groups excluding carboxylic acids is 1. The van der Waals surface area contributed by atoms with Crippen LogP contribution in [0.3, 0.4) is 0 Å². The standard InChI is InChI=1S/C21H23NO3/c1-16(15-17-3-9-20(24-2)10-4-17)21(23)18-5-7-19(8-6-18)22-11-13-25-14-12-22/h3-10,15H,11-14H2,1-2H3/b16-15+. The van der Waals surface area contributed by atoms with Crippen LogP contribution in [0.2, 0.25) is 0 Å². The van der Waals surface area contributed by atoms with Gasteiger partial charge < -0.3 is 14.4 Å². The Balaban J connectivity index is 1.71. The van der Waals surface area contributed by atoms with Crippen molar-refractivity contribution >= 4 is 17.5 Å². The fraction of sp³-hybridized carbons (Fsp3) is 0.286. The minimum atomic E-state index is 0.0457. The van der Waals surface area contributed by atoms with Crippen molar-refractivity contribution in [1.82, 2.24) is 0 Å². The monoisotopic (exact) mass is 337 g/mol. The number of hydrogen-bond acceptors (Lipinski definition) is 4. The van der Waals surface area contributed by atoms with Crippen molar-refractivity contribution < 1.29 is 14.3 Å². The average Bonchev–Trinajstić information content (AvgIpc) is 2.69. The van der Waals surface area contributed by atoms with Crippen molar-refractivity contribution in [1.29, 1.82) is 0 Å². The van der Waals surface area contributed by atoms with E-state index >= 15 is 0 Å². The number of allylic oxidation sites excluding steroid dienone is 1. The number of rotatable bonds is 5. The summed E-state index contributed by atoms with van der Waals surface area (Å²) in [6.07, 6.45) is 1.90. The van der Waals surface area contributed by atoms with Crippen LogP contribution >= 0.6 is 0 Å². The summed E-state index contributed by atoms with van der Waals surface area (Å²) in [5, 5.41) is 0. The second-order valence-electron chi connectivity index (χ2n) is 6.08. The van der Waals surface area contributed by atoms with Crippen molar-refractivity contribution in [3.8, 4) is 5.75 Å². The highest BCUT2D eigenvalue weighted by molar-refractivity contribution is 6.11. The maximum absolute atomic E-state index is 12.6. The van der Waals surface area contributed by atoms with Gasteiger partial charge in [0, 0.05) is 24.3 Å². The molecule has 0 amide bonds. The van der Waals surface area contributed by atoms with Gasteiger partial charge in [-0.05, 0) is 60.5 Å². The number of hydrogen-bond donors (Lipinski definition) is 0. The Morgan fingerprint density at radius 1 is 1.04 bits per heavy atom. The summed E-state index contributed by atoms with van der Waals surface area (Å²) in [5.41, 5.74) is 3.54. The van der Waals surface area contributed by atoms with Gasteiger partial charge in [-0.1, -0.05) is 12.1 Å². The Kier molecular flexibility index (Phi) is 5.51. The molecule has 0 atom stereocenters. The van der Waals surface area contributed by atoms with Gasteiger partial charge in [-0.25, -0.2) is 0 Å². The summed E-state index contributed by atoms with van der Waals surface area (Å²) >= 11 is 0. The van der Waals surface area contributed by atoms with E-state index in [1.54, 1.807) is 7.11 Å². The third-order valence-electron chi connectivity index (χ3n) is 4.36. The summed E-state index contributed by atoms with van der Waals surface area (Å²) in [6, 6.07) is 15.5. The van der Waals surface area contributed by atoms with Gasteiger partial charge in [0.15, 0.2) is 5.78 Å². The zero-order valence-electron chi connectivity index (χ0n) is 14.7. The molecule has 0 N–H and O–H groups in total. The summed E-state index contributed by atoms with van der Waals surface area (Å²) in [7, 11) is 1.64. The normalized spacial score (nSPS) is 15.1. The Bertz CT molecular complexity index is 742. The van der Waals surface area contributed by atoms with E-state index in [9.17, 15) is 4.79 Å². The molecule has 130 valence electrons. The number of carbonyl (C=O) groups is 1. The number of ketones is 1. The molecule has 1 saturated heterocycles. The second-order valence-corrected chi connectivity index (χ2v) is 6.08. The lowest BCUT2D eigenvalue weighted by atomic mass is 10.0. The van der Waals surface area contributed by atoms with Gasteiger partial charge in [-0.2, -0.15) is 0 Å². The predicted octanol–water partition coefficient (Wildman–Crippen LogP) is 3.82. The van der Waals surface area contributed by atoms with E-state index < -0.39 is 0 Å². The molecule has 0 aromatic heterocycles. The molecule has 1 aliphatic heterocycles. The Morgan fingerprint density at radius 2 is 1.68 bits per heavy atom.